The van der Waals surface area contributed by atoms with Crippen LogP contribution in [0.25, 0.3) is 11.4 Å². The van der Waals surface area contributed by atoms with E-state index in [1.165, 1.54) is 11.6 Å². The van der Waals surface area contributed by atoms with Crippen molar-refractivity contribution in [3.05, 3.63) is 62.8 Å². The van der Waals surface area contributed by atoms with Crippen LogP contribution < -0.4 is 4.74 Å². The number of rotatable bonds is 4. The number of halogens is 2. The lowest BCUT2D eigenvalue weighted by Gasteiger charge is -2.07. The number of nitrogens with zero attached hydrogens (tertiary/aromatic N) is 3. The number of carbonyl (C=O) groups is 1. The fourth-order valence-corrected chi connectivity index (χ4v) is 3.03. The molecule has 0 aliphatic rings. The quantitative estimate of drug-likeness (QED) is 0.275. The molecule has 1 N–H and O–H groups in total. The SMILES string of the molecule is CC(=O)Oc1ccc(C(C)=Nn2c(-c3ccc(Cl)cc3Cl)n[nH]c2=S)cc1. The molecule has 3 rings (SSSR count). The van der Waals surface area contributed by atoms with E-state index in [4.69, 9.17) is 40.2 Å². The van der Waals surface area contributed by atoms with Crippen molar-refractivity contribution in [2.45, 2.75) is 13.8 Å². The van der Waals surface area contributed by atoms with Gasteiger partial charge in [-0.05, 0) is 67.2 Å². The molecular weight excluding hydrogens is 407 g/mol. The second-order valence-corrected chi connectivity index (χ2v) is 6.82. The molecule has 1 heterocycles. The number of benzene rings is 2. The zero-order valence-electron chi connectivity index (χ0n) is 14.4. The number of nitrogens with one attached hydrogen (secondary N) is 1. The van der Waals surface area contributed by atoms with Crippen LogP contribution in [0.3, 0.4) is 0 Å². The van der Waals surface area contributed by atoms with Gasteiger partial charge in [-0.25, -0.2) is 5.10 Å². The third kappa shape index (κ3) is 4.44. The highest BCUT2D eigenvalue weighted by Gasteiger charge is 2.13. The summed E-state index contributed by atoms with van der Waals surface area (Å²) in [4.78, 5) is 11.0. The van der Waals surface area contributed by atoms with Gasteiger partial charge in [0.2, 0.25) is 4.77 Å². The minimum atomic E-state index is -0.373. The van der Waals surface area contributed by atoms with E-state index in [0.717, 1.165) is 5.56 Å². The lowest BCUT2D eigenvalue weighted by molar-refractivity contribution is -0.131. The molecule has 0 unspecified atom stereocenters. The van der Waals surface area contributed by atoms with Gasteiger partial charge in [0, 0.05) is 17.5 Å². The molecule has 27 heavy (non-hydrogen) atoms. The maximum absolute atomic E-state index is 11.0. The molecule has 0 atom stereocenters. The average Bonchev–Trinajstić information content (AvgIpc) is 2.96. The fraction of sp³-hybridized carbons (Fsp3) is 0.111. The van der Waals surface area contributed by atoms with Crippen LogP contribution in [-0.2, 0) is 4.79 Å². The van der Waals surface area contributed by atoms with Crippen LogP contribution in [-0.4, -0.2) is 26.6 Å². The number of esters is 1. The van der Waals surface area contributed by atoms with Crippen molar-refractivity contribution in [3.8, 4) is 17.1 Å². The molecule has 0 aliphatic carbocycles. The summed E-state index contributed by atoms with van der Waals surface area (Å²) in [5, 5.41) is 12.5. The van der Waals surface area contributed by atoms with Crippen molar-refractivity contribution in [1.29, 1.82) is 0 Å². The Balaban J connectivity index is 1.98. The van der Waals surface area contributed by atoms with Gasteiger partial charge >= 0.3 is 5.97 Å². The third-order valence-corrected chi connectivity index (χ3v) is 4.42. The first-order chi connectivity index (χ1) is 12.8. The smallest absolute Gasteiger partial charge is 0.308 e. The number of H-pyrrole nitrogens is 1. The molecule has 3 aromatic rings. The fourth-order valence-electron chi connectivity index (χ4n) is 2.37. The molecule has 6 nitrogen and oxygen atoms in total. The highest BCUT2D eigenvalue weighted by Crippen LogP contribution is 2.29. The average molecular weight is 421 g/mol. The minimum absolute atomic E-state index is 0.326. The lowest BCUT2D eigenvalue weighted by atomic mass is 10.1. The summed E-state index contributed by atoms with van der Waals surface area (Å²) in [6.45, 7) is 3.19. The van der Waals surface area contributed by atoms with Crippen LogP contribution in [0.15, 0.2) is 47.6 Å². The van der Waals surface area contributed by atoms with Gasteiger partial charge in [-0.3, -0.25) is 4.79 Å². The highest BCUT2D eigenvalue weighted by molar-refractivity contribution is 7.71. The Morgan fingerprint density at radius 1 is 1.19 bits per heavy atom. The molecule has 1 aromatic heterocycles. The largest absolute Gasteiger partial charge is 0.427 e. The summed E-state index contributed by atoms with van der Waals surface area (Å²) in [7, 11) is 0. The normalized spacial score (nSPS) is 11.5. The first-order valence-corrected chi connectivity index (χ1v) is 8.99. The maximum atomic E-state index is 11.0. The number of hydrogen-bond donors (Lipinski definition) is 1. The number of aromatic nitrogens is 3. The molecule has 0 spiro atoms. The number of ether oxygens (including phenoxy) is 1. The summed E-state index contributed by atoms with van der Waals surface area (Å²) in [5.74, 6) is 0.562. The lowest BCUT2D eigenvalue weighted by Crippen LogP contribution is -2.03. The van der Waals surface area contributed by atoms with Gasteiger partial charge in [0.15, 0.2) is 5.82 Å². The van der Waals surface area contributed by atoms with E-state index in [-0.39, 0.29) is 5.97 Å². The Hall–Kier alpha value is -2.48. The molecule has 0 aliphatic heterocycles. The van der Waals surface area contributed by atoms with Crippen molar-refractivity contribution >= 4 is 47.1 Å². The first kappa shape index (κ1) is 19.3. The van der Waals surface area contributed by atoms with Crippen LogP contribution in [0.1, 0.15) is 19.4 Å². The molecule has 0 fully saturated rings. The second kappa shape index (κ2) is 8.04. The Labute approximate surface area is 170 Å². The summed E-state index contributed by atoms with van der Waals surface area (Å²) in [6, 6.07) is 12.1. The molecule has 0 saturated carbocycles. The predicted molar refractivity (Wildman–Crippen MR) is 108 cm³/mol. The number of carbonyl (C=O) groups excluding carboxylic acids is 1. The van der Waals surface area contributed by atoms with Gasteiger partial charge in [-0.2, -0.15) is 14.9 Å². The molecule has 9 heteroatoms. The van der Waals surface area contributed by atoms with E-state index < -0.39 is 0 Å². The predicted octanol–water partition coefficient (Wildman–Crippen LogP) is 5.11. The molecule has 0 amide bonds. The van der Waals surface area contributed by atoms with Gasteiger partial charge in [0.1, 0.15) is 5.75 Å². The van der Waals surface area contributed by atoms with Crippen LogP contribution in [0.5, 0.6) is 5.75 Å². The van der Waals surface area contributed by atoms with Gasteiger partial charge in [0.05, 0.1) is 10.7 Å². The van der Waals surface area contributed by atoms with Gasteiger partial charge in [-0.15, -0.1) is 0 Å². The van der Waals surface area contributed by atoms with Crippen LogP contribution >= 0.6 is 35.4 Å². The standard InChI is InChI=1S/C18H14Cl2N4O2S/c1-10(12-3-6-14(7-4-12)26-11(2)25)23-24-17(21-22-18(24)27)15-8-5-13(19)9-16(15)20/h3-9H,1-2H3,(H,22,27). The molecule has 0 bridgehead atoms. The van der Waals surface area contributed by atoms with E-state index in [0.29, 0.717) is 37.7 Å². The maximum Gasteiger partial charge on any atom is 0.308 e. The van der Waals surface area contributed by atoms with Crippen LogP contribution in [0.4, 0.5) is 0 Å². The van der Waals surface area contributed by atoms with E-state index in [2.05, 4.69) is 15.3 Å². The van der Waals surface area contributed by atoms with Gasteiger partial charge in [0.25, 0.3) is 0 Å². The van der Waals surface area contributed by atoms with E-state index in [1.54, 1.807) is 42.5 Å². The van der Waals surface area contributed by atoms with Crippen molar-refractivity contribution in [3.63, 3.8) is 0 Å². The van der Waals surface area contributed by atoms with Crippen molar-refractivity contribution < 1.29 is 9.53 Å². The first-order valence-electron chi connectivity index (χ1n) is 7.82. The zero-order chi connectivity index (χ0) is 19.6. The van der Waals surface area contributed by atoms with Crippen molar-refractivity contribution in [2.24, 2.45) is 5.10 Å². The van der Waals surface area contributed by atoms with E-state index >= 15 is 0 Å². The summed E-state index contributed by atoms with van der Waals surface area (Å²) in [6.07, 6.45) is 0. The number of aromatic amines is 1. The minimum Gasteiger partial charge on any atom is -0.427 e. The number of hydrogen-bond acceptors (Lipinski definition) is 5. The van der Waals surface area contributed by atoms with E-state index in [9.17, 15) is 4.79 Å². The summed E-state index contributed by atoms with van der Waals surface area (Å²) >= 11 is 17.5. The zero-order valence-corrected chi connectivity index (χ0v) is 16.7. The molecule has 2 aromatic carbocycles. The Kier molecular flexibility index (Phi) is 5.74. The van der Waals surface area contributed by atoms with Crippen molar-refractivity contribution in [1.82, 2.24) is 14.9 Å². The summed E-state index contributed by atoms with van der Waals surface area (Å²) < 4.78 is 6.86. The van der Waals surface area contributed by atoms with Crippen molar-refractivity contribution in [2.75, 3.05) is 0 Å². The van der Waals surface area contributed by atoms with Crippen LogP contribution in [0.2, 0.25) is 10.0 Å². The van der Waals surface area contributed by atoms with Crippen LogP contribution in [0, 0.1) is 4.77 Å². The Bertz CT molecular complexity index is 1090. The van der Waals surface area contributed by atoms with Gasteiger partial charge < -0.3 is 4.74 Å². The van der Waals surface area contributed by atoms with Gasteiger partial charge in [-0.1, -0.05) is 23.2 Å². The molecular formula is C18H14Cl2N4O2S. The monoisotopic (exact) mass is 420 g/mol. The Morgan fingerprint density at radius 3 is 2.52 bits per heavy atom. The summed E-state index contributed by atoms with van der Waals surface area (Å²) in [5.41, 5.74) is 2.17. The third-order valence-electron chi connectivity index (χ3n) is 3.61. The Morgan fingerprint density at radius 2 is 1.89 bits per heavy atom. The van der Waals surface area contributed by atoms with E-state index in [1.807, 2.05) is 6.92 Å². The molecule has 138 valence electrons. The highest BCUT2D eigenvalue weighted by atomic mass is 35.5. The molecule has 0 saturated heterocycles. The topological polar surface area (TPSA) is 72.3 Å². The second-order valence-electron chi connectivity index (χ2n) is 5.59. The molecule has 0 radical (unpaired) electrons.